The first-order valence-corrected chi connectivity index (χ1v) is 6.48. The molecule has 0 aliphatic rings. The third-order valence-electron chi connectivity index (χ3n) is 2.71. The molecule has 0 spiro atoms. The molecule has 0 saturated heterocycles. The summed E-state index contributed by atoms with van der Waals surface area (Å²) in [7, 11) is 0. The summed E-state index contributed by atoms with van der Waals surface area (Å²) in [5.41, 5.74) is -0.429. The number of aliphatic hydroxyl groups excluding tert-OH is 1. The fourth-order valence-electron chi connectivity index (χ4n) is 1.58. The highest BCUT2D eigenvalue weighted by Gasteiger charge is 2.22. The van der Waals surface area contributed by atoms with Crippen molar-refractivity contribution >= 4 is 5.91 Å². The van der Waals surface area contributed by atoms with Crippen molar-refractivity contribution in [3.05, 3.63) is 48.4 Å². The van der Waals surface area contributed by atoms with E-state index in [1.165, 1.54) is 6.20 Å². The van der Waals surface area contributed by atoms with Gasteiger partial charge in [-0.1, -0.05) is 0 Å². The summed E-state index contributed by atoms with van der Waals surface area (Å²) in [4.78, 5) is 20.3. The molecule has 6 heteroatoms. The number of carbonyl (C=O) groups excluding carboxylic acids is 1. The molecule has 0 aliphatic carbocycles. The number of aromatic nitrogens is 2. The first-order valence-electron chi connectivity index (χ1n) is 6.48. The molecule has 2 aromatic heterocycles. The van der Waals surface area contributed by atoms with Gasteiger partial charge in [-0.15, -0.1) is 0 Å². The van der Waals surface area contributed by atoms with Crippen LogP contribution in [0.15, 0.2) is 42.9 Å². The van der Waals surface area contributed by atoms with Crippen LogP contribution < -0.4 is 10.1 Å². The summed E-state index contributed by atoms with van der Waals surface area (Å²) in [6.45, 7) is 3.28. The van der Waals surface area contributed by atoms with Crippen LogP contribution in [0.5, 0.6) is 11.6 Å². The van der Waals surface area contributed by atoms with E-state index in [9.17, 15) is 9.90 Å². The highest BCUT2D eigenvalue weighted by Crippen LogP contribution is 2.22. The van der Waals surface area contributed by atoms with E-state index < -0.39 is 5.54 Å². The first kappa shape index (κ1) is 14.9. The lowest BCUT2D eigenvalue weighted by atomic mass is 10.1. The van der Waals surface area contributed by atoms with Crippen LogP contribution in [0.3, 0.4) is 0 Å². The highest BCUT2D eigenvalue weighted by molar-refractivity contribution is 5.96. The average molecular weight is 287 g/mol. The van der Waals surface area contributed by atoms with Crippen molar-refractivity contribution in [2.45, 2.75) is 19.4 Å². The van der Waals surface area contributed by atoms with Crippen LogP contribution >= 0.6 is 0 Å². The largest absolute Gasteiger partial charge is 0.437 e. The van der Waals surface area contributed by atoms with Gasteiger partial charge in [0.05, 0.1) is 18.3 Å². The molecule has 0 saturated carbocycles. The average Bonchev–Trinajstić information content (AvgIpc) is 2.48. The molecule has 0 radical (unpaired) electrons. The third-order valence-corrected chi connectivity index (χ3v) is 2.71. The fourth-order valence-corrected chi connectivity index (χ4v) is 1.58. The van der Waals surface area contributed by atoms with E-state index in [0.29, 0.717) is 11.3 Å². The molecule has 0 unspecified atom stereocenters. The quantitative estimate of drug-likeness (QED) is 0.875. The molecule has 2 N–H and O–H groups in total. The van der Waals surface area contributed by atoms with Crippen LogP contribution in [0, 0.1) is 0 Å². The zero-order chi connectivity index (χ0) is 15.3. The molecular formula is C15H17N3O3. The minimum atomic E-state index is -0.724. The number of nitrogens with zero attached hydrogens (tertiary/aromatic N) is 2. The predicted molar refractivity (Wildman–Crippen MR) is 77.2 cm³/mol. The molecule has 21 heavy (non-hydrogen) atoms. The van der Waals surface area contributed by atoms with Gasteiger partial charge in [0.2, 0.25) is 5.88 Å². The van der Waals surface area contributed by atoms with E-state index in [1.54, 1.807) is 50.5 Å². The Morgan fingerprint density at radius 3 is 2.76 bits per heavy atom. The van der Waals surface area contributed by atoms with Crippen molar-refractivity contribution < 1.29 is 14.6 Å². The Labute approximate surface area is 122 Å². The van der Waals surface area contributed by atoms with Gasteiger partial charge >= 0.3 is 0 Å². The van der Waals surface area contributed by atoms with Crippen molar-refractivity contribution in [2.24, 2.45) is 0 Å². The molecule has 0 bridgehead atoms. The van der Waals surface area contributed by atoms with Gasteiger partial charge in [0, 0.05) is 12.4 Å². The summed E-state index contributed by atoms with van der Waals surface area (Å²) >= 11 is 0. The first-order chi connectivity index (χ1) is 10.0. The summed E-state index contributed by atoms with van der Waals surface area (Å²) in [5.74, 6) is 0.324. The number of hydrogen-bond acceptors (Lipinski definition) is 5. The Kier molecular flexibility index (Phi) is 4.49. The van der Waals surface area contributed by atoms with Crippen molar-refractivity contribution in [1.82, 2.24) is 15.3 Å². The number of hydrogen-bond donors (Lipinski definition) is 2. The molecule has 1 amide bonds. The zero-order valence-electron chi connectivity index (χ0n) is 11.9. The maximum atomic E-state index is 12.3. The normalized spacial score (nSPS) is 11.0. The number of pyridine rings is 2. The van der Waals surface area contributed by atoms with Crippen LogP contribution in [-0.4, -0.2) is 33.1 Å². The molecule has 0 atom stereocenters. The predicted octanol–water partition coefficient (Wildman–Crippen LogP) is 1.77. The van der Waals surface area contributed by atoms with Gasteiger partial charge in [0.25, 0.3) is 5.91 Å². The summed E-state index contributed by atoms with van der Waals surface area (Å²) in [6.07, 6.45) is 4.70. The van der Waals surface area contributed by atoms with E-state index in [0.717, 1.165) is 0 Å². The van der Waals surface area contributed by atoms with Gasteiger partial charge in [-0.2, -0.15) is 0 Å². The second-order valence-corrected chi connectivity index (χ2v) is 5.14. The second-order valence-electron chi connectivity index (χ2n) is 5.14. The molecule has 2 rings (SSSR count). The van der Waals surface area contributed by atoms with Gasteiger partial charge in [-0.05, 0) is 38.1 Å². The minimum absolute atomic E-state index is 0.169. The zero-order valence-corrected chi connectivity index (χ0v) is 11.9. The molecule has 0 fully saturated rings. The van der Waals surface area contributed by atoms with E-state index in [1.807, 2.05) is 0 Å². The summed E-state index contributed by atoms with van der Waals surface area (Å²) < 4.78 is 5.58. The van der Waals surface area contributed by atoms with Crippen molar-refractivity contribution in [2.75, 3.05) is 6.61 Å². The van der Waals surface area contributed by atoms with Crippen LogP contribution in [0.2, 0.25) is 0 Å². The minimum Gasteiger partial charge on any atom is -0.437 e. The van der Waals surface area contributed by atoms with Crippen LogP contribution in [0.25, 0.3) is 0 Å². The molecule has 110 valence electrons. The number of aliphatic hydroxyl groups is 1. The SMILES string of the molecule is CC(C)(CO)NC(=O)c1cccnc1Oc1cccnc1. The Morgan fingerprint density at radius 2 is 2.10 bits per heavy atom. The standard InChI is InChI=1S/C15H17N3O3/c1-15(2,10-19)18-13(20)12-6-4-8-17-14(12)21-11-5-3-7-16-9-11/h3-9,19H,10H2,1-2H3,(H,18,20). The van der Waals surface area contributed by atoms with Crippen molar-refractivity contribution in [3.63, 3.8) is 0 Å². The van der Waals surface area contributed by atoms with Gasteiger partial charge < -0.3 is 15.2 Å². The van der Waals surface area contributed by atoms with Crippen molar-refractivity contribution in [1.29, 1.82) is 0 Å². The Balaban J connectivity index is 2.23. The Hall–Kier alpha value is -2.47. The van der Waals surface area contributed by atoms with Crippen LogP contribution in [0.1, 0.15) is 24.2 Å². The van der Waals surface area contributed by atoms with E-state index >= 15 is 0 Å². The van der Waals surface area contributed by atoms with E-state index in [4.69, 9.17) is 4.74 Å². The van der Waals surface area contributed by atoms with Gasteiger partial charge in [0.1, 0.15) is 11.3 Å². The maximum absolute atomic E-state index is 12.3. The lowest BCUT2D eigenvalue weighted by Crippen LogP contribution is -2.46. The topological polar surface area (TPSA) is 84.3 Å². The number of rotatable bonds is 5. The smallest absolute Gasteiger partial charge is 0.257 e. The second kappa shape index (κ2) is 6.32. The fraction of sp³-hybridized carbons (Fsp3) is 0.267. The van der Waals surface area contributed by atoms with E-state index in [2.05, 4.69) is 15.3 Å². The summed E-state index contributed by atoms with van der Waals surface area (Å²) in [6, 6.07) is 6.71. The number of ether oxygens (including phenoxy) is 1. The molecule has 0 aromatic carbocycles. The van der Waals surface area contributed by atoms with E-state index in [-0.39, 0.29) is 18.4 Å². The Bertz CT molecular complexity index is 615. The van der Waals surface area contributed by atoms with Crippen molar-refractivity contribution in [3.8, 4) is 11.6 Å². The summed E-state index contributed by atoms with van der Waals surface area (Å²) in [5, 5.41) is 11.9. The van der Waals surface area contributed by atoms with Gasteiger partial charge in [-0.3, -0.25) is 9.78 Å². The van der Waals surface area contributed by atoms with Crippen LogP contribution in [-0.2, 0) is 0 Å². The molecule has 2 aromatic rings. The van der Waals surface area contributed by atoms with Gasteiger partial charge in [0.15, 0.2) is 0 Å². The number of nitrogens with one attached hydrogen (secondary N) is 1. The molecule has 0 aliphatic heterocycles. The third kappa shape index (κ3) is 4.00. The lowest BCUT2D eigenvalue weighted by Gasteiger charge is -2.23. The number of carbonyl (C=O) groups is 1. The maximum Gasteiger partial charge on any atom is 0.257 e. The monoisotopic (exact) mass is 287 g/mol. The molecule has 2 heterocycles. The van der Waals surface area contributed by atoms with Crippen LogP contribution in [0.4, 0.5) is 0 Å². The Morgan fingerprint density at radius 1 is 1.33 bits per heavy atom. The highest BCUT2D eigenvalue weighted by atomic mass is 16.5. The molecule has 6 nitrogen and oxygen atoms in total. The number of amides is 1. The molecular weight excluding hydrogens is 270 g/mol. The lowest BCUT2D eigenvalue weighted by molar-refractivity contribution is 0.0866. The van der Waals surface area contributed by atoms with Gasteiger partial charge in [-0.25, -0.2) is 4.98 Å².